The van der Waals surface area contributed by atoms with Crippen molar-refractivity contribution in [1.82, 2.24) is 4.57 Å². The summed E-state index contributed by atoms with van der Waals surface area (Å²) in [7, 11) is 0. The van der Waals surface area contributed by atoms with Gasteiger partial charge in [-0.1, -0.05) is 30.3 Å². The number of esters is 1. The molecule has 0 atom stereocenters. The van der Waals surface area contributed by atoms with Crippen LogP contribution >= 0.6 is 0 Å². The van der Waals surface area contributed by atoms with Gasteiger partial charge in [-0.05, 0) is 43.2 Å². The van der Waals surface area contributed by atoms with Gasteiger partial charge in [-0.2, -0.15) is 5.26 Å². The van der Waals surface area contributed by atoms with Crippen LogP contribution in [0.4, 0.5) is 4.39 Å². The SMILES string of the molecule is CCOC(=O)/C(C#N)=C/c1cn(Cc2ccc(C)c(F)c2)c2ccccc12. The average Bonchev–Trinajstić information content (AvgIpc) is 3.00. The Labute approximate surface area is 157 Å². The number of rotatable bonds is 5. The molecule has 2 aromatic carbocycles. The second-order valence-electron chi connectivity index (χ2n) is 6.20. The standard InChI is InChI=1S/C22H19FN2O2/c1-3-27-22(26)17(12-24)11-18-14-25(21-7-5-4-6-19(18)21)13-16-9-8-15(2)20(23)10-16/h4-11,14H,3,13H2,1-2H3/b17-11+. The molecule has 0 aliphatic carbocycles. The minimum Gasteiger partial charge on any atom is -0.462 e. The molecule has 3 aromatic rings. The molecule has 0 aliphatic rings. The number of benzene rings is 2. The van der Waals surface area contributed by atoms with Gasteiger partial charge in [0.1, 0.15) is 17.5 Å². The van der Waals surface area contributed by atoms with Gasteiger partial charge in [-0.15, -0.1) is 0 Å². The third-order valence-corrected chi connectivity index (χ3v) is 4.32. The van der Waals surface area contributed by atoms with Crippen LogP contribution in [0.15, 0.2) is 54.2 Å². The van der Waals surface area contributed by atoms with Crippen molar-refractivity contribution in [2.45, 2.75) is 20.4 Å². The van der Waals surface area contributed by atoms with Crippen molar-refractivity contribution >= 4 is 22.9 Å². The zero-order valence-corrected chi connectivity index (χ0v) is 15.2. The van der Waals surface area contributed by atoms with Crippen LogP contribution < -0.4 is 0 Å². The fraction of sp³-hybridized carbons (Fsp3) is 0.182. The molecule has 3 rings (SSSR count). The van der Waals surface area contributed by atoms with Gasteiger partial charge in [0.15, 0.2) is 0 Å². The number of aryl methyl sites for hydroxylation is 1. The summed E-state index contributed by atoms with van der Waals surface area (Å²) >= 11 is 0. The zero-order chi connectivity index (χ0) is 19.4. The summed E-state index contributed by atoms with van der Waals surface area (Å²) in [6.07, 6.45) is 3.39. The third kappa shape index (κ3) is 3.90. The predicted molar refractivity (Wildman–Crippen MR) is 102 cm³/mol. The molecular weight excluding hydrogens is 343 g/mol. The molecule has 1 heterocycles. The van der Waals surface area contributed by atoms with Crippen LogP contribution in [0.3, 0.4) is 0 Å². The first-order chi connectivity index (χ1) is 13.0. The highest BCUT2D eigenvalue weighted by Crippen LogP contribution is 2.25. The summed E-state index contributed by atoms with van der Waals surface area (Å²) in [5.74, 6) is -0.879. The van der Waals surface area contributed by atoms with Gasteiger partial charge >= 0.3 is 5.97 Å². The highest BCUT2D eigenvalue weighted by Gasteiger charge is 2.13. The Kier molecular flexibility index (Phi) is 5.37. The minimum absolute atomic E-state index is 0.0545. The van der Waals surface area contributed by atoms with Crippen LogP contribution in [0.2, 0.25) is 0 Å². The molecule has 1 aromatic heterocycles. The van der Waals surface area contributed by atoms with Crippen LogP contribution in [0.5, 0.6) is 0 Å². The number of halogens is 1. The fourth-order valence-corrected chi connectivity index (χ4v) is 2.95. The van der Waals surface area contributed by atoms with Gasteiger partial charge in [-0.25, -0.2) is 9.18 Å². The monoisotopic (exact) mass is 362 g/mol. The Hall–Kier alpha value is -3.39. The second-order valence-corrected chi connectivity index (χ2v) is 6.20. The van der Waals surface area contributed by atoms with Crippen LogP contribution in [0.1, 0.15) is 23.6 Å². The van der Waals surface area contributed by atoms with E-state index in [9.17, 15) is 14.4 Å². The number of carbonyl (C=O) groups excluding carboxylic acids is 1. The quantitative estimate of drug-likeness (QED) is 0.378. The molecule has 4 nitrogen and oxygen atoms in total. The molecule has 0 spiro atoms. The van der Waals surface area contributed by atoms with Crippen molar-refractivity contribution in [3.63, 3.8) is 0 Å². The molecule has 0 N–H and O–H groups in total. The number of aromatic nitrogens is 1. The average molecular weight is 362 g/mol. The van der Waals surface area contributed by atoms with Crippen molar-refractivity contribution in [2.24, 2.45) is 0 Å². The molecule has 136 valence electrons. The van der Waals surface area contributed by atoms with Gasteiger partial charge in [0.25, 0.3) is 0 Å². The molecule has 0 fully saturated rings. The van der Waals surface area contributed by atoms with Crippen LogP contribution in [-0.2, 0) is 16.1 Å². The number of nitrogens with zero attached hydrogens (tertiary/aromatic N) is 2. The summed E-state index contributed by atoms with van der Waals surface area (Å²) in [6, 6.07) is 14.8. The summed E-state index contributed by atoms with van der Waals surface area (Å²) in [5, 5.41) is 10.2. The van der Waals surface area contributed by atoms with Crippen molar-refractivity contribution in [2.75, 3.05) is 6.61 Å². The lowest BCUT2D eigenvalue weighted by molar-refractivity contribution is -0.137. The van der Waals surface area contributed by atoms with Gasteiger partial charge in [0.2, 0.25) is 0 Å². The lowest BCUT2D eigenvalue weighted by Crippen LogP contribution is -2.05. The van der Waals surface area contributed by atoms with E-state index in [2.05, 4.69) is 0 Å². The van der Waals surface area contributed by atoms with Gasteiger partial charge in [0, 0.05) is 29.2 Å². The fourth-order valence-electron chi connectivity index (χ4n) is 2.95. The van der Waals surface area contributed by atoms with Crippen LogP contribution in [0, 0.1) is 24.1 Å². The molecule has 0 saturated carbocycles. The molecule has 0 aliphatic heterocycles. The van der Waals surface area contributed by atoms with E-state index in [1.807, 2.05) is 47.2 Å². The Morgan fingerprint density at radius 2 is 2.07 bits per heavy atom. The first-order valence-electron chi connectivity index (χ1n) is 8.65. The molecular formula is C22H19FN2O2. The number of hydrogen-bond acceptors (Lipinski definition) is 3. The molecule has 0 unspecified atom stereocenters. The van der Waals surface area contributed by atoms with E-state index in [4.69, 9.17) is 4.74 Å². The first-order valence-corrected chi connectivity index (χ1v) is 8.65. The number of carbonyl (C=O) groups is 1. The Morgan fingerprint density at radius 1 is 1.30 bits per heavy atom. The highest BCUT2D eigenvalue weighted by molar-refractivity contribution is 6.01. The summed E-state index contributed by atoms with van der Waals surface area (Å²) in [6.45, 7) is 4.11. The Bertz CT molecular complexity index is 1070. The van der Waals surface area contributed by atoms with E-state index in [-0.39, 0.29) is 18.0 Å². The van der Waals surface area contributed by atoms with Crippen molar-refractivity contribution in [1.29, 1.82) is 5.26 Å². The molecule has 0 amide bonds. The van der Waals surface area contributed by atoms with Crippen molar-refractivity contribution in [3.05, 3.63) is 76.7 Å². The van der Waals surface area contributed by atoms with Crippen LogP contribution in [-0.4, -0.2) is 17.1 Å². The highest BCUT2D eigenvalue weighted by atomic mass is 19.1. The molecule has 0 saturated heterocycles. The number of fused-ring (bicyclic) bond motifs is 1. The topological polar surface area (TPSA) is 55.0 Å². The van der Waals surface area contributed by atoms with Gasteiger partial charge < -0.3 is 9.30 Å². The van der Waals surface area contributed by atoms with Gasteiger partial charge in [0.05, 0.1) is 6.61 Å². The number of hydrogen-bond donors (Lipinski definition) is 0. The normalized spacial score (nSPS) is 11.4. The number of para-hydroxylation sites is 1. The molecule has 0 radical (unpaired) electrons. The summed E-state index contributed by atoms with van der Waals surface area (Å²) < 4.78 is 20.8. The maximum atomic E-state index is 13.9. The summed E-state index contributed by atoms with van der Waals surface area (Å²) in [4.78, 5) is 11.9. The zero-order valence-electron chi connectivity index (χ0n) is 15.2. The Balaban J connectivity index is 2.04. The van der Waals surface area contributed by atoms with Crippen LogP contribution in [0.25, 0.3) is 17.0 Å². The smallest absolute Gasteiger partial charge is 0.348 e. The summed E-state index contributed by atoms with van der Waals surface area (Å²) in [5.41, 5.74) is 3.06. The maximum Gasteiger partial charge on any atom is 0.348 e. The lowest BCUT2D eigenvalue weighted by Gasteiger charge is -2.06. The van der Waals surface area contributed by atoms with E-state index in [0.29, 0.717) is 12.1 Å². The number of ether oxygens (including phenoxy) is 1. The first kappa shape index (κ1) is 18.4. The Morgan fingerprint density at radius 3 is 2.78 bits per heavy atom. The lowest BCUT2D eigenvalue weighted by atomic mass is 10.1. The third-order valence-electron chi connectivity index (χ3n) is 4.32. The van der Waals surface area contributed by atoms with E-state index in [1.54, 1.807) is 19.9 Å². The van der Waals surface area contributed by atoms with Crippen molar-refractivity contribution in [3.8, 4) is 6.07 Å². The molecule has 5 heteroatoms. The second kappa shape index (κ2) is 7.88. The maximum absolute atomic E-state index is 13.9. The molecule has 27 heavy (non-hydrogen) atoms. The van der Waals surface area contributed by atoms with Gasteiger partial charge in [-0.3, -0.25) is 0 Å². The van der Waals surface area contributed by atoms with E-state index in [0.717, 1.165) is 22.0 Å². The molecule has 0 bridgehead atoms. The largest absolute Gasteiger partial charge is 0.462 e. The van der Waals surface area contributed by atoms with E-state index >= 15 is 0 Å². The van der Waals surface area contributed by atoms with Crippen molar-refractivity contribution < 1.29 is 13.9 Å². The van der Waals surface area contributed by atoms with E-state index in [1.165, 1.54) is 12.1 Å². The predicted octanol–water partition coefficient (Wildman–Crippen LogP) is 4.61. The minimum atomic E-state index is -0.641. The number of nitriles is 1. The van der Waals surface area contributed by atoms with E-state index < -0.39 is 5.97 Å².